The first kappa shape index (κ1) is 16.8. The first-order valence-corrected chi connectivity index (χ1v) is 8.05. The number of ether oxygens (including phenoxy) is 1. The number of aryl methyl sites for hydroxylation is 1. The second-order valence-corrected chi connectivity index (χ2v) is 5.63. The number of para-hydroxylation sites is 2. The minimum Gasteiger partial charge on any atom is -0.461 e. The van der Waals surface area contributed by atoms with Gasteiger partial charge in [0.05, 0.1) is 17.6 Å². The molecule has 1 heterocycles. The largest absolute Gasteiger partial charge is 0.461 e. The average Bonchev–Trinajstić information content (AvgIpc) is 2.62. The Morgan fingerprint density at radius 1 is 1.16 bits per heavy atom. The fraction of sp³-hybridized carbons (Fsp3) is 0.211. The van der Waals surface area contributed by atoms with Gasteiger partial charge in [0.15, 0.2) is 11.5 Å². The third-order valence-electron chi connectivity index (χ3n) is 3.64. The first-order valence-electron chi connectivity index (χ1n) is 8.05. The molecule has 0 spiro atoms. The van der Waals surface area contributed by atoms with Crippen LogP contribution in [0.1, 0.15) is 29.4 Å². The van der Waals surface area contributed by atoms with Crippen LogP contribution in [-0.2, 0) is 4.74 Å². The van der Waals surface area contributed by atoms with E-state index >= 15 is 0 Å². The Kier molecular flexibility index (Phi) is 4.88. The zero-order valence-corrected chi connectivity index (χ0v) is 14.0. The fourth-order valence-electron chi connectivity index (χ4n) is 2.30. The summed E-state index contributed by atoms with van der Waals surface area (Å²) in [5.74, 6) is -0.660. The molecule has 0 aliphatic rings. The van der Waals surface area contributed by atoms with Gasteiger partial charge in [-0.25, -0.2) is 19.2 Å². The summed E-state index contributed by atoms with van der Waals surface area (Å²) in [5, 5.41) is 2.98. The maximum absolute atomic E-state index is 13.8. The number of nitrogens with one attached hydrogen (secondary N) is 1. The predicted molar refractivity (Wildman–Crippen MR) is 94.5 cm³/mol. The number of hydrogen-bond donors (Lipinski definition) is 1. The van der Waals surface area contributed by atoms with E-state index < -0.39 is 5.97 Å². The second kappa shape index (κ2) is 7.25. The number of fused-ring (bicyclic) bond motifs is 1. The van der Waals surface area contributed by atoms with Crippen LogP contribution in [0.3, 0.4) is 0 Å². The van der Waals surface area contributed by atoms with Gasteiger partial charge in [-0.1, -0.05) is 25.1 Å². The summed E-state index contributed by atoms with van der Waals surface area (Å²) in [6.07, 6.45) is 0.707. The normalized spacial score (nSPS) is 10.7. The summed E-state index contributed by atoms with van der Waals surface area (Å²) >= 11 is 0. The van der Waals surface area contributed by atoms with Crippen LogP contribution < -0.4 is 5.32 Å². The third kappa shape index (κ3) is 3.74. The molecule has 0 fully saturated rings. The van der Waals surface area contributed by atoms with Crippen molar-refractivity contribution in [2.75, 3.05) is 11.9 Å². The van der Waals surface area contributed by atoms with Crippen molar-refractivity contribution in [3.05, 3.63) is 59.5 Å². The average molecular weight is 339 g/mol. The van der Waals surface area contributed by atoms with Gasteiger partial charge in [-0.3, -0.25) is 0 Å². The summed E-state index contributed by atoms with van der Waals surface area (Å²) in [6.45, 7) is 3.89. The van der Waals surface area contributed by atoms with Gasteiger partial charge in [-0.05, 0) is 43.2 Å². The fourth-order valence-corrected chi connectivity index (χ4v) is 2.30. The van der Waals surface area contributed by atoms with Gasteiger partial charge in [-0.15, -0.1) is 0 Å². The molecule has 128 valence electrons. The van der Waals surface area contributed by atoms with Crippen LogP contribution in [0.15, 0.2) is 42.5 Å². The van der Waals surface area contributed by atoms with E-state index in [9.17, 15) is 9.18 Å². The third-order valence-corrected chi connectivity index (χ3v) is 3.64. The molecule has 0 saturated heterocycles. The Morgan fingerprint density at radius 3 is 2.56 bits per heavy atom. The van der Waals surface area contributed by atoms with Crippen molar-refractivity contribution >= 4 is 28.5 Å². The Balaban J connectivity index is 2.03. The highest BCUT2D eigenvalue weighted by atomic mass is 19.1. The van der Waals surface area contributed by atoms with E-state index in [1.54, 1.807) is 31.2 Å². The maximum atomic E-state index is 13.8. The molecule has 0 saturated carbocycles. The number of benzene rings is 2. The molecule has 0 unspecified atom stereocenters. The number of esters is 1. The van der Waals surface area contributed by atoms with Crippen molar-refractivity contribution in [2.45, 2.75) is 20.3 Å². The van der Waals surface area contributed by atoms with E-state index in [0.29, 0.717) is 35.3 Å². The summed E-state index contributed by atoms with van der Waals surface area (Å²) < 4.78 is 19.0. The zero-order valence-electron chi connectivity index (χ0n) is 14.0. The molecule has 25 heavy (non-hydrogen) atoms. The van der Waals surface area contributed by atoms with Gasteiger partial charge in [0.25, 0.3) is 0 Å². The highest BCUT2D eigenvalue weighted by Crippen LogP contribution is 2.23. The van der Waals surface area contributed by atoms with Crippen LogP contribution in [-0.4, -0.2) is 22.5 Å². The molecular weight excluding hydrogens is 321 g/mol. The molecule has 0 amide bonds. The molecule has 0 aliphatic carbocycles. The lowest BCUT2D eigenvalue weighted by molar-refractivity contribution is 0.0499. The Labute approximate surface area is 144 Å². The number of carbonyl (C=O) groups excluding carboxylic acids is 1. The topological polar surface area (TPSA) is 64.1 Å². The van der Waals surface area contributed by atoms with Crippen molar-refractivity contribution in [1.29, 1.82) is 0 Å². The van der Waals surface area contributed by atoms with Gasteiger partial charge in [0, 0.05) is 5.69 Å². The van der Waals surface area contributed by atoms with Crippen LogP contribution in [0, 0.1) is 12.7 Å². The molecule has 2 aromatic carbocycles. The van der Waals surface area contributed by atoms with Crippen molar-refractivity contribution in [3.63, 3.8) is 0 Å². The van der Waals surface area contributed by atoms with E-state index in [2.05, 4.69) is 15.3 Å². The molecule has 0 radical (unpaired) electrons. The quantitative estimate of drug-likeness (QED) is 0.699. The van der Waals surface area contributed by atoms with Gasteiger partial charge in [0.1, 0.15) is 5.82 Å². The SMILES string of the molecule is CCCOC(=O)c1nc2ccccc2nc1Nc1ccc(C)c(F)c1. The minimum atomic E-state index is -0.560. The Hall–Kier alpha value is -3.02. The molecule has 5 nitrogen and oxygen atoms in total. The first-order chi connectivity index (χ1) is 12.1. The molecule has 1 N–H and O–H groups in total. The van der Waals surface area contributed by atoms with Crippen LogP contribution >= 0.6 is 0 Å². The number of carbonyl (C=O) groups is 1. The molecule has 0 bridgehead atoms. The zero-order chi connectivity index (χ0) is 17.8. The maximum Gasteiger partial charge on any atom is 0.360 e. The Bertz CT molecular complexity index is 928. The molecule has 3 aromatic rings. The highest BCUT2D eigenvalue weighted by Gasteiger charge is 2.18. The number of halogens is 1. The number of anilines is 2. The van der Waals surface area contributed by atoms with Gasteiger partial charge in [-0.2, -0.15) is 0 Å². The van der Waals surface area contributed by atoms with E-state index in [1.165, 1.54) is 6.07 Å². The Morgan fingerprint density at radius 2 is 1.88 bits per heavy atom. The van der Waals surface area contributed by atoms with Crippen molar-refractivity contribution < 1.29 is 13.9 Å². The molecule has 0 aliphatic heterocycles. The van der Waals surface area contributed by atoms with Gasteiger partial charge in [0.2, 0.25) is 0 Å². The second-order valence-electron chi connectivity index (χ2n) is 5.63. The van der Waals surface area contributed by atoms with Crippen molar-refractivity contribution in [3.8, 4) is 0 Å². The summed E-state index contributed by atoms with van der Waals surface area (Å²) in [5.41, 5.74) is 2.32. The van der Waals surface area contributed by atoms with Gasteiger partial charge < -0.3 is 10.1 Å². The standard InChI is InChI=1S/C19H18FN3O2/c1-3-10-25-19(24)17-18(21-13-9-8-12(2)14(20)11-13)23-16-7-5-4-6-15(16)22-17/h4-9,11H,3,10H2,1-2H3,(H,21,23). The smallest absolute Gasteiger partial charge is 0.360 e. The lowest BCUT2D eigenvalue weighted by atomic mass is 10.2. The van der Waals surface area contributed by atoms with Crippen LogP contribution in [0.5, 0.6) is 0 Å². The molecule has 3 rings (SSSR count). The van der Waals surface area contributed by atoms with Gasteiger partial charge >= 0.3 is 5.97 Å². The lowest BCUT2D eigenvalue weighted by Crippen LogP contribution is -2.13. The number of aromatic nitrogens is 2. The monoisotopic (exact) mass is 339 g/mol. The number of hydrogen-bond acceptors (Lipinski definition) is 5. The number of nitrogens with zero attached hydrogens (tertiary/aromatic N) is 2. The van der Waals surface area contributed by atoms with E-state index in [4.69, 9.17) is 4.74 Å². The van der Waals surface area contributed by atoms with Crippen LogP contribution in [0.2, 0.25) is 0 Å². The van der Waals surface area contributed by atoms with E-state index in [1.807, 2.05) is 19.1 Å². The van der Waals surface area contributed by atoms with Crippen molar-refractivity contribution in [1.82, 2.24) is 9.97 Å². The summed E-state index contributed by atoms with van der Waals surface area (Å²) in [6, 6.07) is 12.0. The van der Waals surface area contributed by atoms with Crippen molar-refractivity contribution in [2.24, 2.45) is 0 Å². The van der Waals surface area contributed by atoms with E-state index in [-0.39, 0.29) is 17.3 Å². The summed E-state index contributed by atoms with van der Waals surface area (Å²) in [7, 11) is 0. The minimum absolute atomic E-state index is 0.0770. The highest BCUT2D eigenvalue weighted by molar-refractivity contribution is 5.96. The molecule has 1 aromatic heterocycles. The molecule has 6 heteroatoms. The number of rotatable bonds is 5. The van der Waals surface area contributed by atoms with E-state index in [0.717, 1.165) is 0 Å². The lowest BCUT2D eigenvalue weighted by Gasteiger charge is -2.12. The van der Waals surface area contributed by atoms with Crippen LogP contribution in [0.25, 0.3) is 11.0 Å². The summed E-state index contributed by atoms with van der Waals surface area (Å²) in [4.78, 5) is 21.2. The predicted octanol–water partition coefficient (Wildman–Crippen LogP) is 4.39. The molecule has 0 atom stereocenters. The molecular formula is C19H18FN3O2. The van der Waals surface area contributed by atoms with Crippen LogP contribution in [0.4, 0.5) is 15.9 Å².